The number of benzene rings is 1. The zero-order valence-electron chi connectivity index (χ0n) is 17.2. The molecule has 0 fully saturated rings. The first-order chi connectivity index (χ1) is 15.2. The lowest BCUT2D eigenvalue weighted by Crippen LogP contribution is -2.52. The zero-order valence-corrected chi connectivity index (χ0v) is 18.8. The van der Waals surface area contributed by atoms with E-state index in [2.05, 4.69) is 36.3 Å². The van der Waals surface area contributed by atoms with Gasteiger partial charge in [-0.05, 0) is 53.2 Å². The molecule has 0 spiro atoms. The first-order valence-corrected chi connectivity index (χ1v) is 10.3. The summed E-state index contributed by atoms with van der Waals surface area (Å²) >= 11 is 3.27. The lowest BCUT2D eigenvalue weighted by atomic mass is 9.89. The number of carbonyl (C=O) groups excluding carboxylic acids is 2. The van der Waals surface area contributed by atoms with Gasteiger partial charge in [0.15, 0.2) is 5.84 Å². The van der Waals surface area contributed by atoms with Crippen LogP contribution in [0.25, 0.3) is 0 Å². The molecule has 164 valence electrons. The molecule has 0 saturated heterocycles. The van der Waals surface area contributed by atoms with Crippen LogP contribution in [0.1, 0.15) is 23.0 Å². The lowest BCUT2D eigenvalue weighted by Gasteiger charge is -2.36. The number of amides is 2. The third-order valence-corrected chi connectivity index (χ3v) is 5.53. The molecule has 2 aromatic heterocycles. The molecule has 3 aromatic rings. The highest BCUT2D eigenvalue weighted by molar-refractivity contribution is 9.10. The summed E-state index contributed by atoms with van der Waals surface area (Å²) in [5.41, 5.74) is 5.99. The predicted octanol–water partition coefficient (Wildman–Crippen LogP) is 2.59. The summed E-state index contributed by atoms with van der Waals surface area (Å²) in [6, 6.07) is 7.43. The highest BCUT2D eigenvalue weighted by atomic mass is 79.9. The third kappa shape index (κ3) is 4.11. The van der Waals surface area contributed by atoms with Crippen LogP contribution in [0.15, 0.2) is 58.4 Å². The van der Waals surface area contributed by atoms with Gasteiger partial charge in [0.2, 0.25) is 0 Å². The van der Waals surface area contributed by atoms with Gasteiger partial charge in [0.05, 0.1) is 18.4 Å². The van der Waals surface area contributed by atoms with E-state index < -0.39 is 23.2 Å². The number of nitrogens with two attached hydrogens (primary N) is 1. The minimum absolute atomic E-state index is 0.0425. The van der Waals surface area contributed by atoms with Crippen molar-refractivity contribution in [2.45, 2.75) is 12.5 Å². The number of nitrogens with zero attached hydrogens (tertiary/aromatic N) is 5. The molecule has 1 unspecified atom stereocenters. The van der Waals surface area contributed by atoms with E-state index >= 15 is 0 Å². The van der Waals surface area contributed by atoms with Gasteiger partial charge in [-0.1, -0.05) is 0 Å². The number of aryl methyl sites for hydroxylation is 1. The van der Waals surface area contributed by atoms with Crippen LogP contribution in [0.5, 0.6) is 0 Å². The van der Waals surface area contributed by atoms with Crippen LogP contribution < -0.4 is 16.0 Å². The van der Waals surface area contributed by atoms with Gasteiger partial charge in [0.25, 0.3) is 11.8 Å². The van der Waals surface area contributed by atoms with E-state index in [4.69, 9.17) is 5.73 Å². The van der Waals surface area contributed by atoms with E-state index in [1.165, 1.54) is 35.5 Å². The quantitative estimate of drug-likeness (QED) is 0.571. The first-order valence-electron chi connectivity index (χ1n) is 9.55. The molecule has 1 aromatic carbocycles. The maximum atomic E-state index is 14.9. The number of pyridine rings is 1. The Labute approximate surface area is 191 Å². The second-order valence-corrected chi connectivity index (χ2v) is 8.46. The molecule has 3 N–H and O–H groups in total. The summed E-state index contributed by atoms with van der Waals surface area (Å²) in [4.78, 5) is 34.9. The lowest BCUT2D eigenvalue weighted by molar-refractivity contribution is -0.113. The summed E-state index contributed by atoms with van der Waals surface area (Å²) in [5.74, 6) is -1.71. The van der Waals surface area contributed by atoms with Gasteiger partial charge in [-0.3, -0.25) is 24.2 Å². The predicted molar refractivity (Wildman–Crippen MR) is 121 cm³/mol. The molecule has 3 heterocycles. The topological polar surface area (TPSA) is 118 Å². The Morgan fingerprint density at radius 1 is 1.28 bits per heavy atom. The second-order valence-electron chi connectivity index (χ2n) is 7.54. The maximum absolute atomic E-state index is 14.9. The monoisotopic (exact) mass is 499 g/mol. The van der Waals surface area contributed by atoms with Crippen LogP contribution in [-0.4, -0.2) is 39.0 Å². The average molecular weight is 500 g/mol. The normalized spacial score (nSPS) is 18.4. The molecule has 11 heteroatoms. The van der Waals surface area contributed by atoms with Gasteiger partial charge >= 0.3 is 0 Å². The molecule has 4 rings (SSSR count). The van der Waals surface area contributed by atoms with Crippen molar-refractivity contribution in [3.05, 3.63) is 70.5 Å². The van der Waals surface area contributed by atoms with Crippen LogP contribution in [0.3, 0.4) is 0 Å². The molecule has 2 amide bonds. The number of nitrogens with one attached hydrogen (secondary N) is 1. The number of aromatic nitrogens is 3. The fraction of sp³-hybridized carbons (Fsp3) is 0.190. The summed E-state index contributed by atoms with van der Waals surface area (Å²) in [5, 5.41) is 6.79. The van der Waals surface area contributed by atoms with Crippen LogP contribution in [-0.2, 0) is 17.4 Å². The number of aliphatic imine (C=N–C) groups is 1. The van der Waals surface area contributed by atoms with Gasteiger partial charge in [-0.15, -0.1) is 0 Å². The fourth-order valence-electron chi connectivity index (χ4n) is 3.49. The Bertz CT molecular complexity index is 1240. The summed E-state index contributed by atoms with van der Waals surface area (Å²) in [6.07, 6.45) is 4.69. The molecule has 0 aliphatic carbocycles. The van der Waals surface area contributed by atoms with E-state index in [-0.39, 0.29) is 23.6 Å². The molecule has 1 aliphatic rings. The largest absolute Gasteiger partial charge is 0.379 e. The van der Waals surface area contributed by atoms with Crippen molar-refractivity contribution < 1.29 is 14.0 Å². The zero-order chi connectivity index (χ0) is 23.0. The number of anilines is 2. The summed E-state index contributed by atoms with van der Waals surface area (Å²) < 4.78 is 17.2. The van der Waals surface area contributed by atoms with Crippen molar-refractivity contribution in [1.82, 2.24) is 14.8 Å². The number of amidine groups is 1. The number of halogens is 2. The van der Waals surface area contributed by atoms with Crippen molar-refractivity contribution in [2.24, 2.45) is 17.8 Å². The summed E-state index contributed by atoms with van der Waals surface area (Å²) in [6.45, 7) is 1.72. The molecular formula is C21H19BrFN7O2. The van der Waals surface area contributed by atoms with E-state index in [9.17, 15) is 14.0 Å². The molecule has 9 nitrogen and oxygen atoms in total. The van der Waals surface area contributed by atoms with Crippen molar-refractivity contribution in [3.8, 4) is 0 Å². The molecule has 0 saturated carbocycles. The van der Waals surface area contributed by atoms with Gasteiger partial charge in [0.1, 0.15) is 17.1 Å². The average Bonchev–Trinajstić information content (AvgIpc) is 3.18. The van der Waals surface area contributed by atoms with Gasteiger partial charge in [-0.25, -0.2) is 9.37 Å². The molecule has 0 bridgehead atoms. The minimum Gasteiger partial charge on any atom is -0.379 e. The van der Waals surface area contributed by atoms with E-state index in [0.29, 0.717) is 11.4 Å². The van der Waals surface area contributed by atoms with E-state index in [1.807, 2.05) is 0 Å². The maximum Gasteiger partial charge on any atom is 0.293 e. The van der Waals surface area contributed by atoms with Gasteiger partial charge in [-0.2, -0.15) is 5.10 Å². The Balaban J connectivity index is 1.67. The van der Waals surface area contributed by atoms with Crippen molar-refractivity contribution in [3.63, 3.8) is 0 Å². The smallest absolute Gasteiger partial charge is 0.293 e. The Morgan fingerprint density at radius 3 is 2.72 bits per heavy atom. The molecular weight excluding hydrogens is 481 g/mol. The highest BCUT2D eigenvalue weighted by Gasteiger charge is 2.40. The first kappa shape index (κ1) is 21.6. The third-order valence-electron chi connectivity index (χ3n) is 5.06. The van der Waals surface area contributed by atoms with Crippen molar-refractivity contribution in [1.29, 1.82) is 0 Å². The van der Waals surface area contributed by atoms with E-state index in [0.717, 1.165) is 4.47 Å². The Kier molecular flexibility index (Phi) is 5.51. The standard InChI is InChI=1S/C21H19BrFN7O2/c1-21(11-30(20(32)18(24)28-21)14-9-26-29(2)10-14)15-7-13(4-5-16(15)23)27-19(31)17-6-3-12(22)8-25-17/h3-10H,11H2,1-2H3,(H2,24,28)(H,27,31). The minimum atomic E-state index is -1.19. The number of carbonyl (C=O) groups is 2. The number of rotatable bonds is 4. The van der Waals surface area contributed by atoms with E-state index in [1.54, 1.807) is 37.0 Å². The number of hydrogen-bond donors (Lipinski definition) is 2. The SMILES string of the molecule is Cn1cc(N2CC(C)(c3cc(NC(=O)c4ccc(Br)cn4)ccc3F)N=C(N)C2=O)cn1. The fourth-order valence-corrected chi connectivity index (χ4v) is 3.72. The van der Waals surface area contributed by atoms with Crippen LogP contribution >= 0.6 is 15.9 Å². The molecule has 1 atom stereocenters. The molecule has 32 heavy (non-hydrogen) atoms. The number of hydrogen-bond acceptors (Lipinski definition) is 6. The molecule has 0 radical (unpaired) electrons. The Morgan fingerprint density at radius 2 is 2.06 bits per heavy atom. The van der Waals surface area contributed by atoms with Gasteiger partial charge < -0.3 is 11.1 Å². The van der Waals surface area contributed by atoms with Crippen molar-refractivity contribution >= 4 is 45.0 Å². The Hall–Kier alpha value is -3.60. The van der Waals surface area contributed by atoms with Crippen LogP contribution in [0, 0.1) is 5.82 Å². The summed E-state index contributed by atoms with van der Waals surface area (Å²) in [7, 11) is 1.72. The van der Waals surface area contributed by atoms with Crippen molar-refractivity contribution in [2.75, 3.05) is 16.8 Å². The van der Waals surface area contributed by atoms with Crippen LogP contribution in [0.2, 0.25) is 0 Å². The van der Waals surface area contributed by atoms with Crippen LogP contribution in [0.4, 0.5) is 15.8 Å². The molecule has 1 aliphatic heterocycles. The van der Waals surface area contributed by atoms with Gasteiger partial charge in [0, 0.05) is 35.2 Å². The highest BCUT2D eigenvalue weighted by Crippen LogP contribution is 2.35. The second kappa shape index (κ2) is 8.15.